The van der Waals surface area contributed by atoms with Gasteiger partial charge in [0.05, 0.1) is 13.2 Å². The minimum absolute atomic E-state index is 0.101. The van der Waals surface area contributed by atoms with Gasteiger partial charge in [0, 0.05) is 5.39 Å². The Morgan fingerprint density at radius 2 is 1.37 bits per heavy atom. The van der Waals surface area contributed by atoms with Crippen LogP contribution >= 0.6 is 0 Å². The lowest BCUT2D eigenvalue weighted by molar-refractivity contribution is -0.757. The Bertz CT molecular complexity index is 1120. The van der Waals surface area contributed by atoms with Gasteiger partial charge in [-0.15, -0.1) is 10.1 Å². The van der Waals surface area contributed by atoms with E-state index >= 15 is 0 Å². The molecule has 0 aliphatic rings. The van der Waals surface area contributed by atoms with E-state index in [0.717, 1.165) is 16.5 Å². The van der Waals surface area contributed by atoms with Crippen LogP contribution in [-0.2, 0) is 4.84 Å². The molecule has 0 heterocycles. The van der Waals surface area contributed by atoms with Gasteiger partial charge in [-0.2, -0.15) is 0 Å². The number of fused-ring (bicyclic) bond motifs is 5. The molecule has 5 heteroatoms. The van der Waals surface area contributed by atoms with Crippen LogP contribution < -0.4 is 4.74 Å². The summed E-state index contributed by atoms with van der Waals surface area (Å²) in [6, 6.07) is 23.0. The van der Waals surface area contributed by atoms with Gasteiger partial charge < -0.3 is 9.57 Å². The highest BCUT2D eigenvalue weighted by molar-refractivity contribution is 6.18. The lowest BCUT2D eigenvalue weighted by Gasteiger charge is -2.12. The van der Waals surface area contributed by atoms with Crippen molar-refractivity contribution in [2.24, 2.45) is 0 Å². The first-order valence-electron chi connectivity index (χ1n) is 8.97. The van der Waals surface area contributed by atoms with Crippen LogP contribution in [0.3, 0.4) is 0 Å². The van der Waals surface area contributed by atoms with Crippen LogP contribution in [0.15, 0.2) is 66.7 Å². The average molecular weight is 361 g/mol. The zero-order valence-electron chi connectivity index (χ0n) is 14.8. The van der Waals surface area contributed by atoms with Crippen molar-refractivity contribution in [3.8, 4) is 5.75 Å². The molecule has 4 aromatic carbocycles. The molecule has 5 nitrogen and oxygen atoms in total. The SMILES string of the molecule is O=[N+]([O-])OCCCCOc1cccc2c1ccc1c3ccccc3ccc21. The summed E-state index contributed by atoms with van der Waals surface area (Å²) in [6.07, 6.45) is 1.28. The van der Waals surface area contributed by atoms with Crippen LogP contribution in [-0.4, -0.2) is 18.3 Å². The molecule has 0 aliphatic heterocycles. The summed E-state index contributed by atoms with van der Waals surface area (Å²) in [6.45, 7) is 0.597. The molecule has 4 aromatic rings. The highest BCUT2D eigenvalue weighted by atomic mass is 16.9. The molecular weight excluding hydrogens is 342 g/mol. The van der Waals surface area contributed by atoms with Crippen LogP contribution in [0.25, 0.3) is 32.3 Å². The molecule has 0 aliphatic carbocycles. The van der Waals surface area contributed by atoms with Crippen LogP contribution in [0.5, 0.6) is 5.75 Å². The second kappa shape index (κ2) is 7.50. The zero-order chi connectivity index (χ0) is 18.6. The lowest BCUT2D eigenvalue weighted by atomic mass is 9.97. The summed E-state index contributed by atoms with van der Waals surface area (Å²) in [4.78, 5) is 14.5. The van der Waals surface area contributed by atoms with E-state index in [4.69, 9.17) is 4.74 Å². The number of rotatable bonds is 7. The molecule has 0 atom stereocenters. The molecular formula is C22H19NO4. The second-order valence-electron chi connectivity index (χ2n) is 6.41. The molecule has 0 radical (unpaired) electrons. The normalized spacial score (nSPS) is 11.1. The van der Waals surface area contributed by atoms with Crippen LogP contribution in [0, 0.1) is 10.1 Å². The maximum Gasteiger partial charge on any atom is 0.294 e. The molecule has 0 aromatic heterocycles. The Hall–Kier alpha value is -3.34. The number of ether oxygens (including phenoxy) is 1. The summed E-state index contributed by atoms with van der Waals surface area (Å²) in [5, 5.41) is 16.5. The van der Waals surface area contributed by atoms with Crippen molar-refractivity contribution in [1.29, 1.82) is 0 Å². The number of nitrogens with zero attached hydrogens (tertiary/aromatic N) is 1. The van der Waals surface area contributed by atoms with Crippen molar-refractivity contribution in [1.82, 2.24) is 0 Å². The number of hydrogen-bond donors (Lipinski definition) is 0. The van der Waals surface area contributed by atoms with Crippen molar-refractivity contribution in [2.45, 2.75) is 12.8 Å². The summed E-state index contributed by atoms with van der Waals surface area (Å²) < 4.78 is 5.94. The first kappa shape index (κ1) is 17.1. The first-order valence-corrected chi connectivity index (χ1v) is 8.97. The average Bonchev–Trinajstić information content (AvgIpc) is 2.70. The summed E-state index contributed by atoms with van der Waals surface area (Å²) >= 11 is 0. The lowest BCUT2D eigenvalue weighted by Crippen LogP contribution is -2.04. The third kappa shape index (κ3) is 3.49. The molecule has 0 fully saturated rings. The van der Waals surface area contributed by atoms with Gasteiger partial charge in [-0.1, -0.05) is 54.6 Å². The Kier molecular flexibility index (Phi) is 4.75. The Labute approximate surface area is 156 Å². The van der Waals surface area contributed by atoms with Crippen molar-refractivity contribution in [3.05, 3.63) is 76.8 Å². The zero-order valence-corrected chi connectivity index (χ0v) is 14.8. The van der Waals surface area contributed by atoms with Crippen molar-refractivity contribution in [3.63, 3.8) is 0 Å². The highest BCUT2D eigenvalue weighted by Crippen LogP contribution is 2.35. The molecule has 27 heavy (non-hydrogen) atoms. The molecule has 0 saturated heterocycles. The van der Waals surface area contributed by atoms with E-state index in [-0.39, 0.29) is 6.61 Å². The van der Waals surface area contributed by atoms with E-state index in [0.29, 0.717) is 19.4 Å². The Morgan fingerprint density at radius 1 is 0.704 bits per heavy atom. The highest BCUT2D eigenvalue weighted by Gasteiger charge is 2.08. The second-order valence-corrected chi connectivity index (χ2v) is 6.41. The quantitative estimate of drug-likeness (QED) is 0.188. The summed E-state index contributed by atoms with van der Waals surface area (Å²) in [5.41, 5.74) is 0. The van der Waals surface area contributed by atoms with E-state index < -0.39 is 5.09 Å². The number of hydrogen-bond acceptors (Lipinski definition) is 4. The Balaban J connectivity index is 1.61. The fourth-order valence-electron chi connectivity index (χ4n) is 3.48. The summed E-state index contributed by atoms with van der Waals surface area (Å²) in [5.74, 6) is 0.831. The predicted octanol–water partition coefficient (Wildman–Crippen LogP) is 5.51. The first-order chi connectivity index (χ1) is 13.2. The van der Waals surface area contributed by atoms with Gasteiger partial charge >= 0.3 is 0 Å². The van der Waals surface area contributed by atoms with Gasteiger partial charge in [0.2, 0.25) is 0 Å². The van der Waals surface area contributed by atoms with Gasteiger partial charge in [0.15, 0.2) is 0 Å². The van der Waals surface area contributed by atoms with E-state index in [1.165, 1.54) is 21.5 Å². The molecule has 0 spiro atoms. The molecule has 0 bridgehead atoms. The van der Waals surface area contributed by atoms with Gasteiger partial charge in [-0.05, 0) is 51.9 Å². The fourth-order valence-corrected chi connectivity index (χ4v) is 3.48. The van der Waals surface area contributed by atoms with Crippen LogP contribution in [0.4, 0.5) is 0 Å². The van der Waals surface area contributed by atoms with Gasteiger partial charge in [0.25, 0.3) is 5.09 Å². The monoisotopic (exact) mass is 361 g/mol. The molecule has 0 amide bonds. The fraction of sp³-hybridized carbons (Fsp3) is 0.182. The van der Waals surface area contributed by atoms with E-state index in [9.17, 15) is 10.1 Å². The number of benzene rings is 4. The van der Waals surface area contributed by atoms with Gasteiger partial charge in [-0.3, -0.25) is 0 Å². The number of unbranched alkanes of at least 4 members (excludes halogenated alkanes) is 1. The molecule has 4 rings (SSSR count). The predicted molar refractivity (Wildman–Crippen MR) is 107 cm³/mol. The third-order valence-electron chi connectivity index (χ3n) is 4.74. The molecule has 136 valence electrons. The van der Waals surface area contributed by atoms with Crippen molar-refractivity contribution in [2.75, 3.05) is 13.2 Å². The van der Waals surface area contributed by atoms with E-state index in [1.807, 2.05) is 12.1 Å². The van der Waals surface area contributed by atoms with Crippen LogP contribution in [0.2, 0.25) is 0 Å². The minimum Gasteiger partial charge on any atom is -0.493 e. The maximum atomic E-state index is 10.1. The molecule has 0 N–H and O–H groups in total. The van der Waals surface area contributed by atoms with E-state index in [1.54, 1.807) is 0 Å². The third-order valence-corrected chi connectivity index (χ3v) is 4.74. The summed E-state index contributed by atoms with van der Waals surface area (Å²) in [7, 11) is 0. The van der Waals surface area contributed by atoms with Crippen molar-refractivity contribution >= 4 is 32.3 Å². The maximum absolute atomic E-state index is 10.1. The topological polar surface area (TPSA) is 61.6 Å². The minimum atomic E-state index is -0.764. The largest absolute Gasteiger partial charge is 0.493 e. The Morgan fingerprint density at radius 3 is 2.26 bits per heavy atom. The van der Waals surface area contributed by atoms with Gasteiger partial charge in [-0.25, -0.2) is 0 Å². The van der Waals surface area contributed by atoms with E-state index in [2.05, 4.69) is 59.4 Å². The standard InChI is InChI=1S/C22H19NO4/c24-23(25)27-15-4-3-14-26-22-9-5-8-18-20-11-10-16-6-1-2-7-17(16)19(20)12-13-21(18)22/h1-2,5-13H,3-4,14-15H2. The van der Waals surface area contributed by atoms with Gasteiger partial charge in [0.1, 0.15) is 5.75 Å². The molecule has 0 saturated carbocycles. The smallest absolute Gasteiger partial charge is 0.294 e. The molecule has 0 unspecified atom stereocenters. The van der Waals surface area contributed by atoms with Crippen LogP contribution in [0.1, 0.15) is 12.8 Å². The van der Waals surface area contributed by atoms with Crippen molar-refractivity contribution < 1.29 is 14.7 Å².